The summed E-state index contributed by atoms with van der Waals surface area (Å²) in [6.45, 7) is 13.8. The molecular weight excluding hydrogens is 491 g/mol. The third kappa shape index (κ3) is 7.86. The number of aryl methyl sites for hydroxylation is 2. The molecule has 0 saturated heterocycles. The normalized spacial score (nSPS) is 13.4. The molecule has 28 heavy (non-hydrogen) atoms. The first-order valence-electron chi connectivity index (χ1n) is 9.67. The van der Waals surface area contributed by atoms with Crippen molar-refractivity contribution < 1.29 is 8.42 Å². The van der Waals surface area contributed by atoms with Crippen LogP contribution in [0.25, 0.3) is 0 Å². The van der Waals surface area contributed by atoms with Gasteiger partial charge < -0.3 is 10.6 Å². The van der Waals surface area contributed by atoms with Gasteiger partial charge in [0.1, 0.15) is 0 Å². The molecule has 1 heterocycles. The SMILES string of the molecule is CCNC(=NCCS(=O)(=O)N(CC)CC)NC(C)Cc1c(C)nn(C)c1C.I. The maximum atomic E-state index is 12.3. The third-order valence-corrected chi connectivity index (χ3v) is 6.62. The van der Waals surface area contributed by atoms with Crippen LogP contribution in [0.1, 0.15) is 44.6 Å². The first-order valence-corrected chi connectivity index (χ1v) is 11.3. The molecule has 1 atom stereocenters. The molecule has 0 radical (unpaired) electrons. The summed E-state index contributed by atoms with van der Waals surface area (Å²) in [6.07, 6.45) is 0.827. The largest absolute Gasteiger partial charge is 0.357 e. The molecule has 0 amide bonds. The number of nitrogens with zero attached hydrogens (tertiary/aromatic N) is 4. The molecule has 0 bridgehead atoms. The molecule has 0 saturated carbocycles. The van der Waals surface area contributed by atoms with Gasteiger partial charge in [-0.05, 0) is 39.7 Å². The van der Waals surface area contributed by atoms with E-state index in [0.29, 0.717) is 25.6 Å². The average Bonchev–Trinajstić information content (AvgIpc) is 2.82. The van der Waals surface area contributed by atoms with E-state index in [1.54, 1.807) is 0 Å². The minimum Gasteiger partial charge on any atom is -0.357 e. The third-order valence-electron chi connectivity index (χ3n) is 4.61. The van der Waals surface area contributed by atoms with Gasteiger partial charge in [-0.3, -0.25) is 9.67 Å². The zero-order valence-corrected chi connectivity index (χ0v) is 21.4. The highest BCUT2D eigenvalue weighted by molar-refractivity contribution is 14.0. The minimum absolute atomic E-state index is 0. The van der Waals surface area contributed by atoms with E-state index in [1.165, 1.54) is 9.87 Å². The molecule has 0 spiro atoms. The monoisotopic (exact) mass is 528 g/mol. The number of hydrogen-bond acceptors (Lipinski definition) is 4. The molecular formula is C18H37IN6O2S. The van der Waals surface area contributed by atoms with Crippen LogP contribution in [-0.4, -0.2) is 66.4 Å². The lowest BCUT2D eigenvalue weighted by Gasteiger charge is -2.19. The Morgan fingerprint density at radius 2 is 1.86 bits per heavy atom. The maximum Gasteiger partial charge on any atom is 0.215 e. The molecule has 1 aromatic rings. The Morgan fingerprint density at radius 3 is 2.32 bits per heavy atom. The van der Waals surface area contributed by atoms with Crippen molar-refractivity contribution in [3.05, 3.63) is 17.0 Å². The quantitative estimate of drug-likeness (QED) is 0.275. The number of hydrogen-bond donors (Lipinski definition) is 2. The van der Waals surface area contributed by atoms with E-state index in [9.17, 15) is 8.42 Å². The summed E-state index contributed by atoms with van der Waals surface area (Å²) in [4.78, 5) is 4.45. The minimum atomic E-state index is -3.26. The van der Waals surface area contributed by atoms with Gasteiger partial charge in [-0.2, -0.15) is 5.10 Å². The van der Waals surface area contributed by atoms with Crippen molar-refractivity contribution in [2.24, 2.45) is 12.0 Å². The summed E-state index contributed by atoms with van der Waals surface area (Å²) in [7, 11) is -1.31. The van der Waals surface area contributed by atoms with Crippen LogP contribution in [0.2, 0.25) is 0 Å². The summed E-state index contributed by atoms with van der Waals surface area (Å²) >= 11 is 0. The summed E-state index contributed by atoms with van der Waals surface area (Å²) in [5, 5.41) is 11.0. The molecule has 1 aromatic heterocycles. The Morgan fingerprint density at radius 1 is 1.25 bits per heavy atom. The van der Waals surface area contributed by atoms with Crippen molar-refractivity contribution in [2.45, 2.75) is 54.0 Å². The van der Waals surface area contributed by atoms with Gasteiger partial charge in [0, 0.05) is 38.4 Å². The Hall–Kier alpha value is -0.880. The lowest BCUT2D eigenvalue weighted by molar-refractivity contribution is 0.445. The topological polar surface area (TPSA) is 91.6 Å². The molecule has 1 unspecified atom stereocenters. The molecule has 0 aliphatic heterocycles. The Kier molecular flexibility index (Phi) is 12.2. The van der Waals surface area contributed by atoms with Gasteiger partial charge in [0.25, 0.3) is 0 Å². The molecule has 164 valence electrons. The van der Waals surface area contributed by atoms with E-state index in [4.69, 9.17) is 0 Å². The fourth-order valence-corrected chi connectivity index (χ4v) is 4.41. The molecule has 10 heteroatoms. The number of rotatable bonds is 10. The predicted octanol–water partition coefficient (Wildman–Crippen LogP) is 1.81. The van der Waals surface area contributed by atoms with Crippen LogP contribution in [0.15, 0.2) is 4.99 Å². The van der Waals surface area contributed by atoms with Crippen molar-refractivity contribution >= 4 is 40.0 Å². The highest BCUT2D eigenvalue weighted by Crippen LogP contribution is 2.14. The summed E-state index contributed by atoms with van der Waals surface area (Å²) in [5.41, 5.74) is 3.43. The van der Waals surface area contributed by atoms with Crippen molar-refractivity contribution in [1.82, 2.24) is 24.7 Å². The first-order chi connectivity index (χ1) is 12.7. The van der Waals surface area contributed by atoms with Crippen LogP contribution in [0.4, 0.5) is 0 Å². The molecule has 0 aromatic carbocycles. The van der Waals surface area contributed by atoms with E-state index >= 15 is 0 Å². The summed E-state index contributed by atoms with van der Waals surface area (Å²) < 4.78 is 27.9. The van der Waals surface area contributed by atoms with E-state index in [2.05, 4.69) is 34.6 Å². The molecule has 1 rings (SSSR count). The fourth-order valence-electron chi connectivity index (χ4n) is 3.04. The number of aromatic nitrogens is 2. The number of aliphatic imine (C=N–C) groups is 1. The van der Waals surface area contributed by atoms with Crippen LogP contribution in [0, 0.1) is 13.8 Å². The van der Waals surface area contributed by atoms with Gasteiger partial charge in [0.15, 0.2) is 5.96 Å². The van der Waals surface area contributed by atoms with Gasteiger partial charge in [-0.25, -0.2) is 12.7 Å². The number of halogens is 1. The Labute approximate surface area is 187 Å². The lowest BCUT2D eigenvalue weighted by Crippen LogP contribution is -2.43. The Bertz CT molecular complexity index is 729. The van der Waals surface area contributed by atoms with Crippen LogP contribution in [0.5, 0.6) is 0 Å². The van der Waals surface area contributed by atoms with Gasteiger partial charge in [0.05, 0.1) is 18.0 Å². The highest BCUT2D eigenvalue weighted by Gasteiger charge is 2.18. The van der Waals surface area contributed by atoms with Gasteiger partial charge in [-0.15, -0.1) is 24.0 Å². The van der Waals surface area contributed by atoms with Crippen molar-refractivity contribution in [3.8, 4) is 0 Å². The zero-order chi connectivity index (χ0) is 20.6. The van der Waals surface area contributed by atoms with Gasteiger partial charge in [0.2, 0.25) is 10.0 Å². The Balaban J connectivity index is 0.00000729. The van der Waals surface area contributed by atoms with E-state index in [-0.39, 0.29) is 42.3 Å². The van der Waals surface area contributed by atoms with Gasteiger partial charge in [-0.1, -0.05) is 13.8 Å². The first kappa shape index (κ1) is 27.1. The number of nitrogens with one attached hydrogen (secondary N) is 2. The van der Waals surface area contributed by atoms with E-state index < -0.39 is 10.0 Å². The van der Waals surface area contributed by atoms with Gasteiger partial charge >= 0.3 is 0 Å². The smallest absolute Gasteiger partial charge is 0.215 e. The fraction of sp³-hybridized carbons (Fsp3) is 0.778. The second kappa shape index (κ2) is 12.6. The van der Waals surface area contributed by atoms with Crippen molar-refractivity contribution in [1.29, 1.82) is 0 Å². The number of sulfonamides is 1. The summed E-state index contributed by atoms with van der Waals surface area (Å²) in [6, 6.07) is 0.142. The maximum absolute atomic E-state index is 12.3. The second-order valence-electron chi connectivity index (χ2n) is 6.68. The zero-order valence-electron chi connectivity index (χ0n) is 18.2. The average molecular weight is 529 g/mol. The molecule has 2 N–H and O–H groups in total. The predicted molar refractivity (Wildman–Crippen MR) is 127 cm³/mol. The standard InChI is InChI=1S/C18H36N6O2S.HI/c1-8-19-18(20-11-12-27(25,26)24(9-2)10-3)21-14(4)13-17-15(5)22-23(7)16(17)6;/h14H,8-13H2,1-7H3,(H2,19,20,21);1H. The number of guanidine groups is 1. The van der Waals surface area contributed by atoms with E-state index in [0.717, 1.165) is 17.8 Å². The summed E-state index contributed by atoms with van der Waals surface area (Å²) in [5.74, 6) is 0.652. The molecule has 0 fully saturated rings. The van der Waals surface area contributed by atoms with Crippen LogP contribution >= 0.6 is 24.0 Å². The second-order valence-corrected chi connectivity index (χ2v) is 8.77. The van der Waals surface area contributed by atoms with Crippen LogP contribution in [-0.2, 0) is 23.5 Å². The van der Waals surface area contributed by atoms with Crippen molar-refractivity contribution in [3.63, 3.8) is 0 Å². The highest BCUT2D eigenvalue weighted by atomic mass is 127. The van der Waals surface area contributed by atoms with Crippen LogP contribution < -0.4 is 10.6 Å². The molecule has 0 aliphatic rings. The molecule has 8 nitrogen and oxygen atoms in total. The van der Waals surface area contributed by atoms with Crippen molar-refractivity contribution in [2.75, 3.05) is 31.9 Å². The lowest BCUT2D eigenvalue weighted by atomic mass is 10.1. The van der Waals surface area contributed by atoms with E-state index in [1.807, 2.05) is 39.4 Å². The van der Waals surface area contributed by atoms with Crippen LogP contribution in [0.3, 0.4) is 0 Å². The molecule has 0 aliphatic carbocycles.